The predicted octanol–water partition coefficient (Wildman–Crippen LogP) is 1.14. The smallest absolute Gasteiger partial charge is 0.315 e. The van der Waals surface area contributed by atoms with E-state index in [0.29, 0.717) is 45.5 Å². The molecule has 0 atom stereocenters. The van der Waals surface area contributed by atoms with E-state index in [1.807, 2.05) is 0 Å². The van der Waals surface area contributed by atoms with Crippen molar-refractivity contribution in [1.29, 1.82) is 0 Å². The van der Waals surface area contributed by atoms with Gasteiger partial charge in [0, 0.05) is 12.8 Å². The number of carbonyl (C=O) groups is 1. The van der Waals surface area contributed by atoms with Crippen molar-refractivity contribution in [2.45, 2.75) is 38.4 Å². The zero-order chi connectivity index (χ0) is 16.8. The molecule has 2 aliphatic rings. The first-order valence-corrected chi connectivity index (χ1v) is 7.98. The molecular weight excluding hydrogens is 300 g/mol. The van der Waals surface area contributed by atoms with Crippen LogP contribution >= 0.6 is 0 Å². The Kier molecular flexibility index (Phi) is 5.90. The zero-order valence-corrected chi connectivity index (χ0v) is 13.6. The topological polar surface area (TPSA) is 106 Å². The van der Waals surface area contributed by atoms with E-state index in [2.05, 4.69) is 0 Å². The van der Waals surface area contributed by atoms with Gasteiger partial charge >= 0.3 is 5.97 Å². The second-order valence-electron chi connectivity index (χ2n) is 5.85. The highest BCUT2D eigenvalue weighted by Gasteiger charge is 2.51. The molecule has 7 nitrogen and oxygen atoms in total. The first-order valence-electron chi connectivity index (χ1n) is 7.98. The lowest BCUT2D eigenvalue weighted by atomic mass is 9.72. The number of esters is 1. The summed E-state index contributed by atoms with van der Waals surface area (Å²) >= 11 is 0. The number of hydrogen-bond donors (Lipinski definition) is 2. The maximum absolute atomic E-state index is 12.5. The fourth-order valence-corrected chi connectivity index (χ4v) is 3.01. The zero-order valence-electron chi connectivity index (χ0n) is 13.6. The molecule has 0 aromatic heterocycles. The summed E-state index contributed by atoms with van der Waals surface area (Å²) in [5, 5.41) is 0. The van der Waals surface area contributed by atoms with Gasteiger partial charge < -0.3 is 30.4 Å². The van der Waals surface area contributed by atoms with Gasteiger partial charge in [0.05, 0.1) is 19.8 Å². The summed E-state index contributed by atoms with van der Waals surface area (Å²) in [5.41, 5.74) is 10.3. The summed E-state index contributed by atoms with van der Waals surface area (Å²) < 4.78 is 22.2. The molecule has 1 saturated carbocycles. The maximum Gasteiger partial charge on any atom is 0.315 e. The van der Waals surface area contributed by atoms with Gasteiger partial charge in [-0.1, -0.05) is 0 Å². The molecule has 0 unspecified atom stereocenters. The first kappa shape index (κ1) is 17.6. The van der Waals surface area contributed by atoms with Crippen molar-refractivity contribution in [3.63, 3.8) is 0 Å². The molecule has 0 radical (unpaired) electrons. The predicted molar refractivity (Wildman–Crippen MR) is 83.7 cm³/mol. The minimum Gasteiger partial charge on any atom is -0.478 e. The highest BCUT2D eigenvalue weighted by molar-refractivity contribution is 5.77. The molecule has 0 aromatic carbocycles. The average Bonchev–Trinajstić information content (AvgIpc) is 3.01. The Balaban J connectivity index is 2.03. The molecule has 23 heavy (non-hydrogen) atoms. The van der Waals surface area contributed by atoms with Crippen LogP contribution < -0.4 is 11.5 Å². The fourth-order valence-electron chi connectivity index (χ4n) is 3.01. The summed E-state index contributed by atoms with van der Waals surface area (Å²) in [4.78, 5) is 12.5. The van der Waals surface area contributed by atoms with E-state index in [4.69, 9.17) is 30.4 Å². The minimum absolute atomic E-state index is 0.169. The van der Waals surface area contributed by atoms with E-state index in [1.165, 1.54) is 6.20 Å². The van der Waals surface area contributed by atoms with Gasteiger partial charge in [-0.2, -0.15) is 0 Å². The van der Waals surface area contributed by atoms with Gasteiger partial charge in [0.15, 0.2) is 11.7 Å². The SMILES string of the molecule is CCOC(=O)C1(CO/C(N)=C/C=C\N)CCC2(CC1)OCCO2. The van der Waals surface area contributed by atoms with Crippen LogP contribution in [0.4, 0.5) is 0 Å². The largest absolute Gasteiger partial charge is 0.478 e. The van der Waals surface area contributed by atoms with Crippen LogP contribution in [-0.4, -0.2) is 38.2 Å². The van der Waals surface area contributed by atoms with Crippen molar-refractivity contribution in [3.05, 3.63) is 24.2 Å². The lowest BCUT2D eigenvalue weighted by molar-refractivity contribution is -0.203. The van der Waals surface area contributed by atoms with Crippen LogP contribution in [0.25, 0.3) is 0 Å². The Morgan fingerprint density at radius 3 is 2.39 bits per heavy atom. The molecule has 2 fully saturated rings. The van der Waals surface area contributed by atoms with Crippen LogP contribution in [0.2, 0.25) is 0 Å². The molecular formula is C16H26N2O5. The highest BCUT2D eigenvalue weighted by Crippen LogP contribution is 2.45. The van der Waals surface area contributed by atoms with E-state index < -0.39 is 11.2 Å². The third-order valence-electron chi connectivity index (χ3n) is 4.38. The van der Waals surface area contributed by atoms with Gasteiger partial charge in [0.25, 0.3) is 0 Å². The maximum atomic E-state index is 12.5. The molecule has 4 N–H and O–H groups in total. The van der Waals surface area contributed by atoms with Crippen molar-refractivity contribution in [2.24, 2.45) is 16.9 Å². The van der Waals surface area contributed by atoms with Crippen LogP contribution in [0.1, 0.15) is 32.6 Å². The van der Waals surface area contributed by atoms with E-state index in [-0.39, 0.29) is 18.5 Å². The number of carbonyl (C=O) groups excluding carboxylic acids is 1. The summed E-state index contributed by atoms with van der Waals surface area (Å²) in [5.74, 6) is -0.585. The summed E-state index contributed by atoms with van der Waals surface area (Å²) in [7, 11) is 0. The molecule has 1 aliphatic carbocycles. The summed E-state index contributed by atoms with van der Waals surface area (Å²) in [6, 6.07) is 0. The lowest BCUT2D eigenvalue weighted by Crippen LogP contribution is -2.47. The van der Waals surface area contributed by atoms with E-state index in [1.54, 1.807) is 19.1 Å². The van der Waals surface area contributed by atoms with Crippen LogP contribution in [0.3, 0.4) is 0 Å². The van der Waals surface area contributed by atoms with E-state index in [9.17, 15) is 4.79 Å². The standard InChI is InChI=1S/C16H26N2O5/c1-2-20-14(19)15(12-21-13(18)4-3-9-17)5-7-16(8-6-15)22-10-11-23-16/h3-4,9H,2,5-8,10-12,17-18H2,1H3/b9-3-,13-4+. The van der Waals surface area contributed by atoms with Gasteiger partial charge in [-0.25, -0.2) is 0 Å². The molecule has 130 valence electrons. The van der Waals surface area contributed by atoms with Gasteiger partial charge in [-0.15, -0.1) is 0 Å². The Labute approximate surface area is 136 Å². The molecule has 1 spiro atoms. The van der Waals surface area contributed by atoms with Crippen molar-refractivity contribution in [1.82, 2.24) is 0 Å². The van der Waals surface area contributed by atoms with Crippen molar-refractivity contribution < 1.29 is 23.7 Å². The van der Waals surface area contributed by atoms with Crippen LogP contribution in [0.5, 0.6) is 0 Å². The molecule has 7 heteroatoms. The normalized spacial score (nSPS) is 23.3. The number of hydrogen-bond acceptors (Lipinski definition) is 7. The van der Waals surface area contributed by atoms with E-state index >= 15 is 0 Å². The Morgan fingerprint density at radius 2 is 1.83 bits per heavy atom. The quantitative estimate of drug-likeness (QED) is 0.428. The van der Waals surface area contributed by atoms with Gasteiger partial charge in [-0.05, 0) is 38.1 Å². The van der Waals surface area contributed by atoms with Crippen molar-refractivity contribution >= 4 is 5.97 Å². The number of ether oxygens (including phenoxy) is 4. The minimum atomic E-state index is -0.721. The number of nitrogens with two attached hydrogens (primary N) is 2. The molecule has 0 aromatic rings. The number of allylic oxidation sites excluding steroid dienone is 2. The van der Waals surface area contributed by atoms with Crippen LogP contribution in [-0.2, 0) is 23.7 Å². The van der Waals surface area contributed by atoms with Crippen LogP contribution in [0.15, 0.2) is 24.2 Å². The third kappa shape index (κ3) is 4.17. The Bertz CT molecular complexity index is 459. The Morgan fingerprint density at radius 1 is 1.17 bits per heavy atom. The summed E-state index contributed by atoms with van der Waals surface area (Å²) in [6.45, 7) is 3.50. The van der Waals surface area contributed by atoms with Gasteiger partial charge in [0.1, 0.15) is 12.0 Å². The lowest BCUT2D eigenvalue weighted by Gasteiger charge is -2.41. The molecule has 0 bridgehead atoms. The van der Waals surface area contributed by atoms with Crippen LogP contribution in [0, 0.1) is 5.41 Å². The van der Waals surface area contributed by atoms with Crippen molar-refractivity contribution in [2.75, 3.05) is 26.4 Å². The second-order valence-corrected chi connectivity index (χ2v) is 5.85. The van der Waals surface area contributed by atoms with E-state index in [0.717, 1.165) is 0 Å². The van der Waals surface area contributed by atoms with Gasteiger partial charge in [0.2, 0.25) is 0 Å². The Hall–Kier alpha value is -1.73. The monoisotopic (exact) mass is 326 g/mol. The highest BCUT2D eigenvalue weighted by atomic mass is 16.7. The first-order chi connectivity index (χ1) is 11.1. The van der Waals surface area contributed by atoms with Gasteiger partial charge in [-0.3, -0.25) is 4.79 Å². The summed E-state index contributed by atoms with van der Waals surface area (Å²) in [6.07, 6.45) is 6.91. The molecule has 0 amide bonds. The molecule has 2 rings (SSSR count). The number of rotatable bonds is 6. The second kappa shape index (κ2) is 7.70. The average molecular weight is 326 g/mol. The van der Waals surface area contributed by atoms with Crippen molar-refractivity contribution in [3.8, 4) is 0 Å². The fraction of sp³-hybridized carbons (Fsp3) is 0.688. The third-order valence-corrected chi connectivity index (χ3v) is 4.38. The molecule has 1 saturated heterocycles. The molecule has 1 aliphatic heterocycles. The molecule has 1 heterocycles.